The maximum absolute atomic E-state index is 4.64. The van der Waals surface area contributed by atoms with Crippen LogP contribution in [0.3, 0.4) is 0 Å². The average molecular weight is 143 g/mol. The van der Waals surface area contributed by atoms with Crippen LogP contribution in [0.4, 0.5) is 0 Å². The van der Waals surface area contributed by atoms with Gasteiger partial charge in [-0.25, -0.2) is 4.98 Å². The minimum absolute atomic E-state index is 0.826. The predicted octanol–water partition coefficient (Wildman–Crippen LogP) is 1.69. The number of aromatic nitrogens is 1. The number of rotatable bonds is 2. The van der Waals surface area contributed by atoms with Gasteiger partial charge in [-0.2, -0.15) is 0 Å². The molecule has 0 saturated carbocycles. The molecule has 0 aliphatic rings. The normalized spacial score (nSPS) is 9.00. The van der Waals surface area contributed by atoms with E-state index >= 15 is 0 Å². The van der Waals surface area contributed by atoms with Crippen LogP contribution in [0.25, 0.3) is 0 Å². The maximum atomic E-state index is 4.64. The second kappa shape index (κ2) is 2.89. The fraction of sp³-hybridized carbons (Fsp3) is 0.200. The molecule has 0 spiro atoms. The van der Waals surface area contributed by atoms with Gasteiger partial charge in [0.2, 0.25) is 0 Å². The standard InChI is InChI=1S/C5H5NS2/c7-3-1-5-6-2-4-8-5/h2-4H,1H2. The molecule has 0 aliphatic heterocycles. The monoisotopic (exact) mass is 143 g/mol. The first-order valence-corrected chi connectivity index (χ1v) is 3.60. The second-order valence-electron chi connectivity index (χ2n) is 1.30. The zero-order valence-electron chi connectivity index (χ0n) is 4.20. The van der Waals surface area contributed by atoms with Crippen molar-refractivity contribution in [3.63, 3.8) is 0 Å². The Morgan fingerprint density at radius 3 is 3.25 bits per heavy atom. The van der Waals surface area contributed by atoms with Gasteiger partial charge in [0.05, 0.1) is 5.01 Å². The molecule has 0 radical (unpaired) electrons. The summed E-state index contributed by atoms with van der Waals surface area (Å²) in [6.45, 7) is 0. The Balaban J connectivity index is 2.62. The molecule has 0 unspecified atom stereocenters. The Kier molecular flexibility index (Phi) is 2.11. The number of thiazole rings is 1. The topological polar surface area (TPSA) is 12.9 Å². The van der Waals surface area contributed by atoms with Gasteiger partial charge in [0.25, 0.3) is 0 Å². The van der Waals surface area contributed by atoms with E-state index in [4.69, 9.17) is 0 Å². The quantitative estimate of drug-likeness (QED) is 0.584. The van der Waals surface area contributed by atoms with Crippen LogP contribution in [0, 0.1) is 0 Å². The lowest BCUT2D eigenvalue weighted by Crippen LogP contribution is -1.78. The summed E-state index contributed by atoms with van der Waals surface area (Å²) in [7, 11) is 0. The SMILES string of the molecule is S=CCc1nccs1. The lowest BCUT2D eigenvalue weighted by molar-refractivity contribution is 1.25. The smallest absolute Gasteiger partial charge is 0.0971 e. The molecule has 1 aromatic rings. The first kappa shape index (κ1) is 5.85. The maximum Gasteiger partial charge on any atom is 0.0971 e. The van der Waals surface area contributed by atoms with Gasteiger partial charge >= 0.3 is 0 Å². The van der Waals surface area contributed by atoms with Crippen molar-refractivity contribution in [1.82, 2.24) is 4.98 Å². The predicted molar refractivity (Wildman–Crippen MR) is 39.5 cm³/mol. The highest BCUT2D eigenvalue weighted by Crippen LogP contribution is 2.02. The molecule has 0 atom stereocenters. The summed E-state index contributed by atoms with van der Waals surface area (Å²) in [5.74, 6) is 0. The minimum Gasteiger partial charge on any atom is -0.249 e. The lowest BCUT2D eigenvalue weighted by atomic mass is 10.5. The van der Waals surface area contributed by atoms with Crippen molar-refractivity contribution in [3.8, 4) is 0 Å². The van der Waals surface area contributed by atoms with Crippen LogP contribution < -0.4 is 0 Å². The van der Waals surface area contributed by atoms with Crippen molar-refractivity contribution in [2.75, 3.05) is 0 Å². The molecule has 0 aromatic carbocycles. The van der Waals surface area contributed by atoms with Gasteiger partial charge in [0.15, 0.2) is 0 Å². The van der Waals surface area contributed by atoms with Gasteiger partial charge < -0.3 is 0 Å². The molecule has 0 N–H and O–H groups in total. The van der Waals surface area contributed by atoms with Crippen LogP contribution in [0.5, 0.6) is 0 Å². The Bertz CT molecular complexity index is 157. The van der Waals surface area contributed by atoms with Crippen molar-refractivity contribution < 1.29 is 0 Å². The first-order chi connectivity index (χ1) is 3.93. The molecule has 42 valence electrons. The van der Waals surface area contributed by atoms with E-state index in [2.05, 4.69) is 17.2 Å². The number of hydrogen-bond acceptors (Lipinski definition) is 3. The lowest BCUT2D eigenvalue weighted by Gasteiger charge is -1.78. The molecule has 0 bridgehead atoms. The summed E-state index contributed by atoms with van der Waals surface area (Å²) < 4.78 is 0. The van der Waals surface area contributed by atoms with E-state index in [1.165, 1.54) is 0 Å². The van der Waals surface area contributed by atoms with E-state index in [0.29, 0.717) is 0 Å². The second-order valence-corrected chi connectivity index (χ2v) is 2.61. The Labute approximate surface area is 57.4 Å². The fourth-order valence-corrected chi connectivity index (χ4v) is 1.27. The van der Waals surface area contributed by atoms with Crippen molar-refractivity contribution in [2.45, 2.75) is 6.42 Å². The van der Waals surface area contributed by atoms with Crippen LogP contribution in [-0.4, -0.2) is 10.4 Å². The van der Waals surface area contributed by atoms with Gasteiger partial charge in [-0.1, -0.05) is 12.2 Å². The van der Waals surface area contributed by atoms with Crippen molar-refractivity contribution in [1.29, 1.82) is 0 Å². The van der Waals surface area contributed by atoms with E-state index in [1.807, 2.05) is 5.38 Å². The van der Waals surface area contributed by atoms with Gasteiger partial charge in [-0.15, -0.1) is 11.3 Å². The Morgan fingerprint density at radius 2 is 2.75 bits per heavy atom. The summed E-state index contributed by atoms with van der Waals surface area (Å²) in [5, 5.41) is 4.74. The molecule has 1 rings (SSSR count). The summed E-state index contributed by atoms with van der Waals surface area (Å²) in [4.78, 5) is 4.03. The zero-order valence-corrected chi connectivity index (χ0v) is 5.84. The van der Waals surface area contributed by atoms with Gasteiger partial charge in [0.1, 0.15) is 0 Å². The third-order valence-electron chi connectivity index (χ3n) is 0.741. The summed E-state index contributed by atoms with van der Waals surface area (Å²) in [6, 6.07) is 0. The molecular weight excluding hydrogens is 138 g/mol. The molecule has 1 heterocycles. The van der Waals surface area contributed by atoms with Gasteiger partial charge in [0, 0.05) is 18.0 Å². The molecule has 1 nitrogen and oxygen atoms in total. The number of hydrogen-bond donors (Lipinski definition) is 0. The first-order valence-electron chi connectivity index (χ1n) is 2.25. The highest BCUT2D eigenvalue weighted by Gasteiger charge is 1.87. The van der Waals surface area contributed by atoms with Crippen LogP contribution in [0.1, 0.15) is 5.01 Å². The third kappa shape index (κ3) is 1.35. The van der Waals surface area contributed by atoms with E-state index in [9.17, 15) is 0 Å². The molecule has 1 aromatic heterocycles. The van der Waals surface area contributed by atoms with E-state index in [1.54, 1.807) is 22.9 Å². The van der Waals surface area contributed by atoms with Crippen LogP contribution in [0.15, 0.2) is 11.6 Å². The minimum atomic E-state index is 0.826. The zero-order chi connectivity index (χ0) is 5.82. The molecule has 3 heteroatoms. The van der Waals surface area contributed by atoms with Crippen LogP contribution >= 0.6 is 23.6 Å². The molecule has 0 saturated heterocycles. The third-order valence-corrected chi connectivity index (χ3v) is 1.71. The van der Waals surface area contributed by atoms with Gasteiger partial charge in [-0.3, -0.25) is 0 Å². The van der Waals surface area contributed by atoms with E-state index in [0.717, 1.165) is 11.4 Å². The molecular formula is C5H5NS2. The summed E-state index contributed by atoms with van der Waals surface area (Å²) in [5.41, 5.74) is 0. The number of thiocarbonyl (C=S) groups is 1. The summed E-state index contributed by atoms with van der Waals surface area (Å²) in [6.07, 6.45) is 2.62. The molecule has 8 heavy (non-hydrogen) atoms. The highest BCUT2D eigenvalue weighted by atomic mass is 32.1. The van der Waals surface area contributed by atoms with Crippen molar-refractivity contribution in [2.24, 2.45) is 0 Å². The van der Waals surface area contributed by atoms with Crippen LogP contribution in [0.2, 0.25) is 0 Å². The Hall–Kier alpha value is -0.280. The molecule has 0 amide bonds. The largest absolute Gasteiger partial charge is 0.249 e. The molecule has 0 aliphatic carbocycles. The summed E-state index contributed by atoms with van der Waals surface area (Å²) >= 11 is 6.28. The van der Waals surface area contributed by atoms with Gasteiger partial charge in [-0.05, 0) is 5.37 Å². The van der Waals surface area contributed by atoms with E-state index < -0.39 is 0 Å². The van der Waals surface area contributed by atoms with Crippen LogP contribution in [-0.2, 0) is 6.42 Å². The van der Waals surface area contributed by atoms with Crippen molar-refractivity contribution >= 4 is 28.9 Å². The van der Waals surface area contributed by atoms with E-state index in [-0.39, 0.29) is 0 Å². The highest BCUT2D eigenvalue weighted by molar-refractivity contribution is 7.79. The molecule has 0 fully saturated rings. The van der Waals surface area contributed by atoms with Crippen molar-refractivity contribution in [3.05, 3.63) is 16.6 Å². The average Bonchev–Trinajstić information content (AvgIpc) is 2.19. The fourth-order valence-electron chi connectivity index (χ4n) is 0.425. The number of nitrogens with zero attached hydrogens (tertiary/aromatic N) is 1. The Morgan fingerprint density at radius 1 is 1.88 bits per heavy atom.